The molecule has 0 bridgehead atoms. The molecule has 1 aromatic heterocycles. The van der Waals surface area contributed by atoms with Crippen LogP contribution in [0.3, 0.4) is 0 Å². The van der Waals surface area contributed by atoms with Gasteiger partial charge in [0.1, 0.15) is 5.82 Å². The predicted octanol–water partition coefficient (Wildman–Crippen LogP) is 0.790. The molecular formula is C8H13N3. The summed E-state index contributed by atoms with van der Waals surface area (Å²) in [6.07, 6.45) is 7.34. The average molecular weight is 151 g/mol. The SMILES string of the molecule is NCC1(c2ncc[nH]2)CCC1. The van der Waals surface area contributed by atoms with Gasteiger partial charge in [-0.25, -0.2) is 4.98 Å². The monoisotopic (exact) mass is 151 g/mol. The Bertz CT molecular complexity index is 218. The van der Waals surface area contributed by atoms with E-state index in [0.29, 0.717) is 0 Å². The number of imidazole rings is 1. The predicted molar refractivity (Wildman–Crippen MR) is 43.2 cm³/mol. The highest BCUT2D eigenvalue weighted by atomic mass is 14.9. The second kappa shape index (κ2) is 2.34. The topological polar surface area (TPSA) is 54.7 Å². The van der Waals surface area contributed by atoms with Crippen LogP contribution >= 0.6 is 0 Å². The van der Waals surface area contributed by atoms with Gasteiger partial charge in [0.25, 0.3) is 0 Å². The van der Waals surface area contributed by atoms with Crippen molar-refractivity contribution in [1.29, 1.82) is 0 Å². The summed E-state index contributed by atoms with van der Waals surface area (Å²) in [4.78, 5) is 7.39. The summed E-state index contributed by atoms with van der Waals surface area (Å²) in [6.45, 7) is 0.723. The molecule has 0 amide bonds. The first-order chi connectivity index (χ1) is 5.37. The van der Waals surface area contributed by atoms with Gasteiger partial charge in [-0.2, -0.15) is 0 Å². The zero-order chi connectivity index (χ0) is 7.73. The lowest BCUT2D eigenvalue weighted by Crippen LogP contribution is -2.42. The largest absolute Gasteiger partial charge is 0.348 e. The first-order valence-electron chi connectivity index (χ1n) is 4.07. The Kier molecular flexibility index (Phi) is 1.46. The Morgan fingerprint density at radius 2 is 2.45 bits per heavy atom. The number of rotatable bonds is 2. The van der Waals surface area contributed by atoms with Crippen LogP contribution in [-0.2, 0) is 5.41 Å². The van der Waals surface area contributed by atoms with E-state index in [2.05, 4.69) is 9.97 Å². The number of nitrogens with one attached hydrogen (secondary N) is 1. The number of hydrogen-bond donors (Lipinski definition) is 2. The third-order valence-corrected chi connectivity index (χ3v) is 2.70. The van der Waals surface area contributed by atoms with Gasteiger partial charge in [0.05, 0.1) is 0 Å². The van der Waals surface area contributed by atoms with Crippen LogP contribution in [0.4, 0.5) is 0 Å². The van der Waals surface area contributed by atoms with Crippen LogP contribution < -0.4 is 5.73 Å². The maximum Gasteiger partial charge on any atom is 0.113 e. The molecule has 0 aliphatic heterocycles. The van der Waals surface area contributed by atoms with Crippen LogP contribution in [0, 0.1) is 0 Å². The molecule has 0 saturated heterocycles. The molecule has 0 atom stereocenters. The molecular weight excluding hydrogens is 138 g/mol. The van der Waals surface area contributed by atoms with Gasteiger partial charge in [0.15, 0.2) is 0 Å². The molecule has 3 nitrogen and oxygen atoms in total. The molecule has 1 heterocycles. The van der Waals surface area contributed by atoms with Crippen molar-refractivity contribution in [3.05, 3.63) is 18.2 Å². The molecule has 60 valence electrons. The van der Waals surface area contributed by atoms with Gasteiger partial charge < -0.3 is 10.7 Å². The second-order valence-electron chi connectivity index (χ2n) is 3.28. The van der Waals surface area contributed by atoms with Crippen molar-refractivity contribution < 1.29 is 0 Å². The average Bonchev–Trinajstić information content (AvgIpc) is 2.39. The second-order valence-corrected chi connectivity index (χ2v) is 3.28. The fourth-order valence-electron chi connectivity index (χ4n) is 1.70. The van der Waals surface area contributed by atoms with Crippen molar-refractivity contribution in [3.63, 3.8) is 0 Å². The van der Waals surface area contributed by atoms with E-state index in [9.17, 15) is 0 Å². The van der Waals surface area contributed by atoms with Crippen LogP contribution in [0.2, 0.25) is 0 Å². The lowest BCUT2D eigenvalue weighted by atomic mass is 9.68. The molecule has 1 fully saturated rings. The van der Waals surface area contributed by atoms with Crippen molar-refractivity contribution in [3.8, 4) is 0 Å². The van der Waals surface area contributed by atoms with Crippen molar-refractivity contribution in [1.82, 2.24) is 9.97 Å². The molecule has 0 aromatic carbocycles. The quantitative estimate of drug-likeness (QED) is 0.656. The smallest absolute Gasteiger partial charge is 0.113 e. The lowest BCUT2D eigenvalue weighted by Gasteiger charge is -2.38. The first kappa shape index (κ1) is 6.85. The Morgan fingerprint density at radius 1 is 1.64 bits per heavy atom. The zero-order valence-electron chi connectivity index (χ0n) is 6.51. The Morgan fingerprint density at radius 3 is 2.82 bits per heavy atom. The van der Waals surface area contributed by atoms with E-state index in [1.54, 1.807) is 6.20 Å². The van der Waals surface area contributed by atoms with E-state index >= 15 is 0 Å². The number of aromatic amines is 1. The lowest BCUT2D eigenvalue weighted by molar-refractivity contribution is 0.240. The van der Waals surface area contributed by atoms with E-state index in [4.69, 9.17) is 5.73 Å². The Labute approximate surface area is 66.0 Å². The van der Waals surface area contributed by atoms with Gasteiger partial charge in [0, 0.05) is 24.4 Å². The highest BCUT2D eigenvalue weighted by molar-refractivity contribution is 5.13. The normalized spacial score (nSPS) is 21.2. The molecule has 1 aromatic rings. The minimum absolute atomic E-state index is 0.198. The first-order valence-corrected chi connectivity index (χ1v) is 4.07. The van der Waals surface area contributed by atoms with E-state index in [1.807, 2.05) is 6.20 Å². The molecule has 3 N–H and O–H groups in total. The number of nitrogens with zero attached hydrogens (tertiary/aromatic N) is 1. The van der Waals surface area contributed by atoms with Gasteiger partial charge in [-0.3, -0.25) is 0 Å². The van der Waals surface area contributed by atoms with Crippen molar-refractivity contribution >= 4 is 0 Å². The summed E-state index contributed by atoms with van der Waals surface area (Å²) < 4.78 is 0. The van der Waals surface area contributed by atoms with Gasteiger partial charge in [-0.1, -0.05) is 6.42 Å². The summed E-state index contributed by atoms with van der Waals surface area (Å²) in [7, 11) is 0. The fraction of sp³-hybridized carbons (Fsp3) is 0.625. The molecule has 0 unspecified atom stereocenters. The van der Waals surface area contributed by atoms with E-state index < -0.39 is 0 Å². The van der Waals surface area contributed by atoms with Crippen LogP contribution in [0.15, 0.2) is 12.4 Å². The molecule has 1 aliphatic rings. The minimum Gasteiger partial charge on any atom is -0.348 e. The van der Waals surface area contributed by atoms with Crippen molar-refractivity contribution in [2.45, 2.75) is 24.7 Å². The van der Waals surface area contributed by atoms with Gasteiger partial charge >= 0.3 is 0 Å². The highest BCUT2D eigenvalue weighted by Crippen LogP contribution is 2.40. The van der Waals surface area contributed by atoms with E-state index in [-0.39, 0.29) is 5.41 Å². The van der Waals surface area contributed by atoms with Crippen LogP contribution in [0.1, 0.15) is 25.1 Å². The Balaban J connectivity index is 2.25. The summed E-state index contributed by atoms with van der Waals surface area (Å²) in [6, 6.07) is 0. The molecule has 3 heteroatoms. The summed E-state index contributed by atoms with van der Waals surface area (Å²) in [5.41, 5.74) is 5.90. The third-order valence-electron chi connectivity index (χ3n) is 2.70. The van der Waals surface area contributed by atoms with Gasteiger partial charge in [0.2, 0.25) is 0 Å². The minimum atomic E-state index is 0.198. The van der Waals surface area contributed by atoms with Gasteiger partial charge in [-0.15, -0.1) is 0 Å². The van der Waals surface area contributed by atoms with Crippen LogP contribution in [-0.4, -0.2) is 16.5 Å². The molecule has 0 spiro atoms. The number of hydrogen-bond acceptors (Lipinski definition) is 2. The van der Waals surface area contributed by atoms with E-state index in [1.165, 1.54) is 19.3 Å². The van der Waals surface area contributed by atoms with Crippen LogP contribution in [0.5, 0.6) is 0 Å². The summed E-state index contributed by atoms with van der Waals surface area (Å²) >= 11 is 0. The van der Waals surface area contributed by atoms with E-state index in [0.717, 1.165) is 12.4 Å². The zero-order valence-corrected chi connectivity index (χ0v) is 6.51. The Hall–Kier alpha value is -0.830. The van der Waals surface area contributed by atoms with Crippen molar-refractivity contribution in [2.24, 2.45) is 5.73 Å². The maximum absolute atomic E-state index is 5.70. The number of H-pyrrole nitrogens is 1. The van der Waals surface area contributed by atoms with Gasteiger partial charge in [-0.05, 0) is 12.8 Å². The standard InChI is InChI=1S/C8H13N3/c9-6-8(2-1-3-8)7-10-4-5-11-7/h4-5H,1-3,6,9H2,(H,10,11). The fourth-order valence-corrected chi connectivity index (χ4v) is 1.70. The molecule has 11 heavy (non-hydrogen) atoms. The maximum atomic E-state index is 5.70. The molecule has 0 radical (unpaired) electrons. The van der Waals surface area contributed by atoms with Crippen molar-refractivity contribution in [2.75, 3.05) is 6.54 Å². The number of aromatic nitrogens is 2. The molecule has 1 saturated carbocycles. The molecule has 1 aliphatic carbocycles. The molecule has 2 rings (SSSR count). The summed E-state index contributed by atoms with van der Waals surface area (Å²) in [5, 5.41) is 0. The van der Waals surface area contributed by atoms with Crippen LogP contribution in [0.25, 0.3) is 0 Å². The number of nitrogens with two attached hydrogens (primary N) is 1. The third kappa shape index (κ3) is 0.878. The summed E-state index contributed by atoms with van der Waals surface area (Å²) in [5.74, 6) is 1.08. The highest BCUT2D eigenvalue weighted by Gasteiger charge is 2.39.